The average Bonchev–Trinajstić information content (AvgIpc) is 2.98. The summed E-state index contributed by atoms with van der Waals surface area (Å²) in [5.41, 5.74) is 0.0130. The second-order valence-corrected chi connectivity index (χ2v) is 6.66. The Morgan fingerprint density at radius 1 is 1.45 bits per heavy atom. The van der Waals surface area contributed by atoms with Gasteiger partial charge in [-0.2, -0.15) is 0 Å². The largest absolute Gasteiger partial charge is 0.378 e. The van der Waals surface area contributed by atoms with E-state index in [2.05, 4.69) is 19.2 Å². The van der Waals surface area contributed by atoms with Crippen molar-refractivity contribution in [1.29, 1.82) is 0 Å². The minimum atomic E-state index is -0.210. The lowest BCUT2D eigenvalue weighted by Crippen LogP contribution is -2.55. The quantitative estimate of drug-likeness (QED) is 0.691. The first-order valence-electron chi connectivity index (χ1n) is 7.99. The number of rotatable bonds is 8. The van der Waals surface area contributed by atoms with Crippen molar-refractivity contribution >= 4 is 17.8 Å². The van der Waals surface area contributed by atoms with Gasteiger partial charge >= 0.3 is 6.03 Å². The number of carbonyl (C=O) groups is 1. The van der Waals surface area contributed by atoms with E-state index in [1.165, 1.54) is 0 Å². The van der Waals surface area contributed by atoms with Gasteiger partial charge in [0.25, 0.3) is 0 Å². The third-order valence-corrected chi connectivity index (χ3v) is 4.72. The molecule has 2 unspecified atom stereocenters. The first kappa shape index (κ1) is 17.6. The zero-order chi connectivity index (χ0) is 15.9. The lowest BCUT2D eigenvalue weighted by atomic mass is 10.3. The van der Waals surface area contributed by atoms with Gasteiger partial charge in [-0.15, -0.1) is 11.8 Å². The summed E-state index contributed by atoms with van der Waals surface area (Å²) in [7, 11) is 1.82. The molecule has 1 N–H and O–H groups in total. The fourth-order valence-corrected chi connectivity index (χ4v) is 3.40. The van der Waals surface area contributed by atoms with E-state index in [0.29, 0.717) is 6.61 Å². The number of nitrogens with zero attached hydrogens (tertiary/aromatic N) is 2. The Hall–Kier alpha value is -0.760. The Labute approximate surface area is 137 Å². The molecule has 2 heterocycles. The van der Waals surface area contributed by atoms with Crippen molar-refractivity contribution in [2.24, 2.45) is 0 Å². The van der Waals surface area contributed by atoms with Gasteiger partial charge in [-0.25, -0.2) is 4.79 Å². The van der Waals surface area contributed by atoms with Crippen LogP contribution in [0.5, 0.6) is 0 Å². The van der Waals surface area contributed by atoms with Gasteiger partial charge in [-0.05, 0) is 25.5 Å². The van der Waals surface area contributed by atoms with Crippen molar-refractivity contribution in [3.05, 3.63) is 12.3 Å². The molecule has 7 heteroatoms. The van der Waals surface area contributed by atoms with Crippen molar-refractivity contribution < 1.29 is 14.3 Å². The molecule has 0 aromatic rings. The maximum absolute atomic E-state index is 12.5. The molecular weight excluding hydrogens is 302 g/mol. The van der Waals surface area contributed by atoms with E-state index in [4.69, 9.17) is 9.47 Å². The van der Waals surface area contributed by atoms with Crippen LogP contribution in [0.4, 0.5) is 4.79 Å². The highest BCUT2D eigenvalue weighted by atomic mass is 32.2. The molecule has 0 aromatic heterocycles. The Kier molecular flexibility index (Phi) is 7.01. The Morgan fingerprint density at radius 2 is 2.27 bits per heavy atom. The topological polar surface area (TPSA) is 54.0 Å². The van der Waals surface area contributed by atoms with E-state index in [1.807, 2.05) is 19.3 Å². The molecule has 126 valence electrons. The lowest BCUT2D eigenvalue weighted by Gasteiger charge is -2.37. The standard InChI is InChI=1S/C15H27N3O3S/c1-4-7-16-12-6-8-18(15(19)17(12)3)13-11-22-14(21-13)10-20-9-5-2/h6,8,12-14,16H,4-5,7,9-11H2,1-3H3/t12?,13-,14?/m0/s1. The predicted octanol–water partition coefficient (Wildman–Crippen LogP) is 2.04. The van der Waals surface area contributed by atoms with Crippen molar-refractivity contribution in [3.8, 4) is 0 Å². The number of likely N-dealkylation sites (N-methyl/N-ethyl adjacent to an activating group) is 1. The molecular formula is C15H27N3O3S. The highest BCUT2D eigenvalue weighted by Crippen LogP contribution is 2.29. The maximum atomic E-state index is 12.5. The fourth-order valence-electron chi connectivity index (χ4n) is 2.39. The van der Waals surface area contributed by atoms with Crippen LogP contribution in [0.25, 0.3) is 0 Å². The van der Waals surface area contributed by atoms with Gasteiger partial charge < -0.3 is 14.4 Å². The molecule has 0 bridgehead atoms. The Balaban J connectivity index is 1.86. The van der Waals surface area contributed by atoms with Crippen LogP contribution < -0.4 is 5.32 Å². The lowest BCUT2D eigenvalue weighted by molar-refractivity contribution is -0.0414. The molecule has 0 radical (unpaired) electrons. The minimum Gasteiger partial charge on any atom is -0.378 e. The van der Waals surface area contributed by atoms with Crippen molar-refractivity contribution in [3.63, 3.8) is 0 Å². The highest BCUT2D eigenvalue weighted by molar-refractivity contribution is 8.00. The third-order valence-electron chi connectivity index (χ3n) is 3.62. The monoisotopic (exact) mass is 329 g/mol. The number of urea groups is 1. The maximum Gasteiger partial charge on any atom is 0.327 e. The van der Waals surface area contributed by atoms with E-state index < -0.39 is 0 Å². The normalized spacial score (nSPS) is 28.7. The van der Waals surface area contributed by atoms with Crippen molar-refractivity contribution in [1.82, 2.24) is 15.1 Å². The minimum absolute atomic E-state index is 0.0130. The second-order valence-electron chi connectivity index (χ2n) is 5.47. The van der Waals surface area contributed by atoms with Gasteiger partial charge in [0, 0.05) is 25.6 Å². The van der Waals surface area contributed by atoms with Crippen LogP contribution in [-0.4, -0.2) is 66.2 Å². The molecule has 3 atom stereocenters. The van der Waals surface area contributed by atoms with Crippen molar-refractivity contribution in [2.75, 3.05) is 32.6 Å². The second kappa shape index (κ2) is 8.76. The summed E-state index contributed by atoms with van der Waals surface area (Å²) in [5.74, 6) is 0.775. The average molecular weight is 329 g/mol. The van der Waals surface area contributed by atoms with Gasteiger partial charge in [0.05, 0.1) is 6.61 Å². The number of ether oxygens (including phenoxy) is 2. The van der Waals surface area contributed by atoms with Crippen molar-refractivity contribution in [2.45, 2.75) is 44.5 Å². The third kappa shape index (κ3) is 4.38. The number of hydrogen-bond acceptors (Lipinski definition) is 5. The summed E-state index contributed by atoms with van der Waals surface area (Å²) in [5, 5.41) is 3.33. The van der Waals surface area contributed by atoms with E-state index in [0.717, 1.165) is 31.7 Å². The Bertz CT molecular complexity index is 394. The number of carbonyl (C=O) groups excluding carboxylic acids is 1. The SMILES string of the molecule is CCCNC1C=CN([C@@H]2CSC(COCCC)O2)C(=O)N1C. The number of thioether (sulfide) groups is 1. The molecule has 0 aliphatic carbocycles. The van der Waals surface area contributed by atoms with E-state index in [9.17, 15) is 4.79 Å². The van der Waals surface area contributed by atoms with Crippen LogP contribution >= 0.6 is 11.8 Å². The molecule has 0 aromatic carbocycles. The number of amides is 2. The molecule has 2 amide bonds. The van der Waals surface area contributed by atoms with Gasteiger partial charge in [0.1, 0.15) is 17.8 Å². The van der Waals surface area contributed by atoms with Crippen LogP contribution in [0.3, 0.4) is 0 Å². The van der Waals surface area contributed by atoms with Crippen LogP contribution in [0.2, 0.25) is 0 Å². The summed E-state index contributed by atoms with van der Waals surface area (Å²) in [6, 6.07) is -0.0307. The number of hydrogen-bond donors (Lipinski definition) is 1. The zero-order valence-corrected chi connectivity index (χ0v) is 14.5. The summed E-state index contributed by atoms with van der Waals surface area (Å²) >= 11 is 1.70. The van der Waals surface area contributed by atoms with Gasteiger partial charge in [-0.1, -0.05) is 13.8 Å². The molecule has 2 rings (SSSR count). The van der Waals surface area contributed by atoms with Gasteiger partial charge in [0.15, 0.2) is 0 Å². The van der Waals surface area contributed by atoms with Crippen LogP contribution in [0.15, 0.2) is 12.3 Å². The highest BCUT2D eigenvalue weighted by Gasteiger charge is 2.36. The summed E-state index contributed by atoms with van der Waals surface area (Å²) < 4.78 is 11.5. The zero-order valence-electron chi connectivity index (χ0n) is 13.7. The fraction of sp³-hybridized carbons (Fsp3) is 0.800. The molecule has 0 saturated carbocycles. The first-order valence-corrected chi connectivity index (χ1v) is 9.03. The van der Waals surface area contributed by atoms with E-state index in [1.54, 1.807) is 21.6 Å². The molecule has 2 aliphatic heterocycles. The summed E-state index contributed by atoms with van der Waals surface area (Å²) in [6.07, 6.45) is 5.64. The van der Waals surface area contributed by atoms with Crippen LogP contribution in [0, 0.1) is 0 Å². The Morgan fingerprint density at radius 3 is 3.00 bits per heavy atom. The molecule has 1 fully saturated rings. The summed E-state index contributed by atoms with van der Waals surface area (Å²) in [6.45, 7) is 6.41. The first-order chi connectivity index (χ1) is 10.7. The molecule has 2 aliphatic rings. The predicted molar refractivity (Wildman–Crippen MR) is 88.4 cm³/mol. The van der Waals surface area contributed by atoms with Gasteiger partial charge in [0.2, 0.25) is 0 Å². The van der Waals surface area contributed by atoms with E-state index in [-0.39, 0.29) is 23.9 Å². The summed E-state index contributed by atoms with van der Waals surface area (Å²) in [4.78, 5) is 15.9. The molecule has 22 heavy (non-hydrogen) atoms. The van der Waals surface area contributed by atoms with E-state index >= 15 is 0 Å². The molecule has 6 nitrogen and oxygen atoms in total. The smallest absolute Gasteiger partial charge is 0.327 e. The molecule has 1 saturated heterocycles. The molecule has 0 spiro atoms. The van der Waals surface area contributed by atoms with Crippen LogP contribution in [-0.2, 0) is 9.47 Å². The van der Waals surface area contributed by atoms with Gasteiger partial charge in [-0.3, -0.25) is 10.2 Å². The number of nitrogens with one attached hydrogen (secondary N) is 1. The van der Waals surface area contributed by atoms with Crippen LogP contribution in [0.1, 0.15) is 26.7 Å².